The van der Waals surface area contributed by atoms with E-state index in [1.54, 1.807) is 4.68 Å². The Morgan fingerprint density at radius 1 is 1.26 bits per heavy atom. The van der Waals surface area contributed by atoms with Crippen LogP contribution in [0.25, 0.3) is 5.69 Å². The van der Waals surface area contributed by atoms with E-state index >= 15 is 0 Å². The van der Waals surface area contributed by atoms with Gasteiger partial charge in [-0.25, -0.2) is 4.68 Å². The second kappa shape index (κ2) is 6.66. The quantitative estimate of drug-likeness (QED) is 0.916. The van der Waals surface area contributed by atoms with Gasteiger partial charge >= 0.3 is 0 Å². The SMILES string of the molecule is CCC(CC)C(=O)Nc1c2c(nn1-c1ccccc1)C[S@@](=O)C2. The van der Waals surface area contributed by atoms with E-state index < -0.39 is 10.8 Å². The highest BCUT2D eigenvalue weighted by Crippen LogP contribution is 2.31. The second-order valence-electron chi connectivity index (χ2n) is 5.75. The third kappa shape index (κ3) is 3.08. The molecule has 5 nitrogen and oxygen atoms in total. The fourth-order valence-electron chi connectivity index (χ4n) is 2.89. The minimum atomic E-state index is -0.919. The van der Waals surface area contributed by atoms with Crippen molar-refractivity contribution in [3.05, 3.63) is 41.6 Å². The Labute approximate surface area is 138 Å². The molecule has 1 aromatic heterocycles. The summed E-state index contributed by atoms with van der Waals surface area (Å²) in [5, 5.41) is 7.62. The summed E-state index contributed by atoms with van der Waals surface area (Å²) in [7, 11) is -0.919. The molecule has 6 heteroatoms. The second-order valence-corrected chi connectivity index (χ2v) is 7.21. The van der Waals surface area contributed by atoms with Crippen LogP contribution >= 0.6 is 0 Å². The predicted octanol–water partition coefficient (Wildman–Crippen LogP) is 3.01. The van der Waals surface area contributed by atoms with E-state index in [9.17, 15) is 9.00 Å². The van der Waals surface area contributed by atoms with E-state index in [-0.39, 0.29) is 11.8 Å². The number of hydrogen-bond donors (Lipinski definition) is 1. The number of aromatic nitrogens is 2. The molecule has 0 saturated heterocycles. The topological polar surface area (TPSA) is 64.0 Å². The van der Waals surface area contributed by atoms with Crippen molar-refractivity contribution in [1.82, 2.24) is 9.78 Å². The van der Waals surface area contributed by atoms with Crippen LogP contribution in [0.1, 0.15) is 37.9 Å². The molecular formula is C17H21N3O2S. The first-order chi connectivity index (χ1) is 11.1. The molecule has 0 fully saturated rings. The van der Waals surface area contributed by atoms with Gasteiger partial charge in [0.2, 0.25) is 5.91 Å². The van der Waals surface area contributed by atoms with Crippen LogP contribution in [0.3, 0.4) is 0 Å². The van der Waals surface area contributed by atoms with Gasteiger partial charge in [0, 0.05) is 22.3 Å². The number of para-hydroxylation sites is 1. The predicted molar refractivity (Wildman–Crippen MR) is 91.8 cm³/mol. The fraction of sp³-hybridized carbons (Fsp3) is 0.412. The van der Waals surface area contributed by atoms with Gasteiger partial charge in [0.05, 0.1) is 22.9 Å². The van der Waals surface area contributed by atoms with Gasteiger partial charge in [0.25, 0.3) is 0 Å². The molecule has 0 radical (unpaired) electrons. The maximum Gasteiger partial charge on any atom is 0.228 e. The molecule has 122 valence electrons. The van der Waals surface area contributed by atoms with Crippen LogP contribution in [0.5, 0.6) is 0 Å². The smallest absolute Gasteiger partial charge is 0.228 e. The van der Waals surface area contributed by atoms with Gasteiger partial charge in [-0.2, -0.15) is 5.10 Å². The Bertz CT molecular complexity index is 736. The minimum Gasteiger partial charge on any atom is -0.310 e. The first-order valence-corrected chi connectivity index (χ1v) is 9.44. The molecule has 0 bridgehead atoms. The Balaban J connectivity index is 2.00. The first kappa shape index (κ1) is 15.9. The zero-order valence-electron chi connectivity index (χ0n) is 13.4. The van der Waals surface area contributed by atoms with Gasteiger partial charge in [0.1, 0.15) is 5.82 Å². The van der Waals surface area contributed by atoms with Gasteiger partial charge in [-0.15, -0.1) is 0 Å². The highest BCUT2D eigenvalue weighted by molar-refractivity contribution is 7.83. The van der Waals surface area contributed by atoms with E-state index in [4.69, 9.17) is 0 Å². The van der Waals surface area contributed by atoms with E-state index in [1.807, 2.05) is 44.2 Å². The van der Waals surface area contributed by atoms with Crippen molar-refractivity contribution < 1.29 is 9.00 Å². The molecule has 2 aromatic rings. The van der Waals surface area contributed by atoms with Gasteiger partial charge in [-0.1, -0.05) is 32.0 Å². The molecule has 1 atom stereocenters. The Hall–Kier alpha value is -1.95. The van der Waals surface area contributed by atoms with Crippen LogP contribution in [-0.4, -0.2) is 19.9 Å². The number of rotatable bonds is 5. The van der Waals surface area contributed by atoms with E-state index in [0.717, 1.165) is 29.8 Å². The molecule has 0 aliphatic carbocycles. The summed E-state index contributed by atoms with van der Waals surface area (Å²) in [5.74, 6) is 1.59. The van der Waals surface area contributed by atoms with Crippen molar-refractivity contribution in [3.8, 4) is 5.69 Å². The normalized spacial score (nSPS) is 16.6. The summed E-state index contributed by atoms with van der Waals surface area (Å²) in [6.45, 7) is 4.03. The number of anilines is 1. The number of hydrogen-bond acceptors (Lipinski definition) is 3. The Morgan fingerprint density at radius 2 is 1.96 bits per heavy atom. The van der Waals surface area contributed by atoms with Gasteiger partial charge in [-0.3, -0.25) is 9.00 Å². The maximum absolute atomic E-state index is 12.5. The van der Waals surface area contributed by atoms with Crippen molar-refractivity contribution >= 4 is 22.5 Å². The number of nitrogens with zero attached hydrogens (tertiary/aromatic N) is 2. The van der Waals surface area contributed by atoms with Crippen LogP contribution in [0, 0.1) is 5.92 Å². The third-order valence-corrected chi connectivity index (χ3v) is 5.47. The van der Waals surface area contributed by atoms with Crippen LogP contribution in [0.15, 0.2) is 30.3 Å². The molecule has 1 aliphatic heterocycles. The summed E-state index contributed by atoms with van der Waals surface area (Å²) in [5.41, 5.74) is 2.63. The van der Waals surface area contributed by atoms with Crippen LogP contribution in [0.2, 0.25) is 0 Å². The number of nitrogens with one attached hydrogen (secondary N) is 1. The fourth-order valence-corrected chi connectivity index (χ4v) is 4.15. The molecule has 0 saturated carbocycles. The molecule has 1 amide bonds. The minimum absolute atomic E-state index is 0.00700. The van der Waals surface area contributed by atoms with Crippen molar-refractivity contribution in [3.63, 3.8) is 0 Å². The molecule has 0 unspecified atom stereocenters. The van der Waals surface area contributed by atoms with Crippen LogP contribution < -0.4 is 5.32 Å². The lowest BCUT2D eigenvalue weighted by Crippen LogP contribution is -2.24. The van der Waals surface area contributed by atoms with E-state index in [1.165, 1.54) is 0 Å². The molecular weight excluding hydrogens is 310 g/mol. The van der Waals surface area contributed by atoms with Crippen molar-refractivity contribution in [2.45, 2.75) is 38.2 Å². The number of carbonyl (C=O) groups excluding carboxylic acids is 1. The summed E-state index contributed by atoms with van der Waals surface area (Å²) in [6, 6.07) is 9.72. The van der Waals surface area contributed by atoms with Crippen LogP contribution in [-0.2, 0) is 27.1 Å². The number of fused-ring (bicyclic) bond motifs is 1. The average molecular weight is 331 g/mol. The largest absolute Gasteiger partial charge is 0.310 e. The van der Waals surface area contributed by atoms with Gasteiger partial charge in [0.15, 0.2) is 0 Å². The summed E-state index contributed by atoms with van der Waals surface area (Å²) in [6.07, 6.45) is 1.60. The first-order valence-electron chi connectivity index (χ1n) is 7.96. The highest BCUT2D eigenvalue weighted by Gasteiger charge is 2.29. The molecule has 0 spiro atoms. The van der Waals surface area contributed by atoms with E-state index in [2.05, 4.69) is 10.4 Å². The standard InChI is InChI=1S/C17H21N3O2S/c1-3-12(4-2)17(21)18-16-14-10-23(22)11-15(14)19-20(16)13-8-6-5-7-9-13/h5-9,12H,3-4,10-11H2,1-2H3,(H,18,21)/t23-/m0/s1. The van der Waals surface area contributed by atoms with Crippen LogP contribution in [0.4, 0.5) is 5.82 Å². The highest BCUT2D eigenvalue weighted by atomic mass is 32.2. The molecule has 1 aromatic carbocycles. The number of amides is 1. The zero-order valence-corrected chi connectivity index (χ0v) is 14.2. The third-order valence-electron chi connectivity index (χ3n) is 4.27. The lowest BCUT2D eigenvalue weighted by molar-refractivity contribution is -0.120. The molecule has 23 heavy (non-hydrogen) atoms. The number of benzene rings is 1. The van der Waals surface area contributed by atoms with Crippen molar-refractivity contribution in [2.75, 3.05) is 5.32 Å². The monoisotopic (exact) mass is 331 g/mol. The maximum atomic E-state index is 12.5. The molecule has 1 N–H and O–H groups in total. The van der Waals surface area contributed by atoms with Crippen molar-refractivity contribution in [2.24, 2.45) is 5.92 Å². The number of carbonyl (C=O) groups is 1. The lowest BCUT2D eigenvalue weighted by Gasteiger charge is -2.15. The summed E-state index contributed by atoms with van der Waals surface area (Å²) < 4.78 is 13.6. The summed E-state index contributed by atoms with van der Waals surface area (Å²) >= 11 is 0. The van der Waals surface area contributed by atoms with Gasteiger partial charge in [-0.05, 0) is 25.0 Å². The van der Waals surface area contributed by atoms with Crippen molar-refractivity contribution in [1.29, 1.82) is 0 Å². The molecule has 3 rings (SSSR count). The van der Waals surface area contributed by atoms with E-state index in [0.29, 0.717) is 17.3 Å². The zero-order chi connectivity index (χ0) is 16.4. The Morgan fingerprint density at radius 3 is 2.61 bits per heavy atom. The Kier molecular flexibility index (Phi) is 4.61. The lowest BCUT2D eigenvalue weighted by atomic mass is 10.0. The molecule has 1 aliphatic rings. The average Bonchev–Trinajstić information content (AvgIpc) is 3.07. The van der Waals surface area contributed by atoms with Gasteiger partial charge < -0.3 is 5.32 Å². The summed E-state index contributed by atoms with van der Waals surface area (Å²) in [4.78, 5) is 12.5. The molecule has 2 heterocycles.